The van der Waals surface area contributed by atoms with Gasteiger partial charge in [-0.15, -0.1) is 0 Å². The molecule has 0 saturated heterocycles. The Labute approximate surface area is 184 Å². The van der Waals surface area contributed by atoms with Crippen molar-refractivity contribution in [3.8, 4) is 0 Å². The number of hydrogen-bond acceptors (Lipinski definition) is 3. The summed E-state index contributed by atoms with van der Waals surface area (Å²) in [6.07, 6.45) is 0. The van der Waals surface area contributed by atoms with Crippen molar-refractivity contribution in [1.29, 1.82) is 0 Å². The standard InChI is InChI=1S/C23H19ClN4OS/c24-17-9-6-10-18(13-17)25-23(30)28(14-16-7-2-1-3-8-16)15-21-26-20-12-5-4-11-19(20)22(29)27-21/h1-13H,14-15H2,(H,25,30)(H,26,27,29). The van der Waals surface area contributed by atoms with Crippen molar-refractivity contribution in [1.82, 2.24) is 14.9 Å². The fourth-order valence-electron chi connectivity index (χ4n) is 3.16. The molecule has 4 aromatic rings. The van der Waals surface area contributed by atoms with Gasteiger partial charge in [-0.25, -0.2) is 4.98 Å². The third-order valence-corrected chi connectivity index (χ3v) is 5.18. The van der Waals surface area contributed by atoms with Crippen LogP contribution in [0.3, 0.4) is 0 Å². The zero-order valence-corrected chi connectivity index (χ0v) is 17.6. The Balaban J connectivity index is 1.63. The molecule has 2 N–H and O–H groups in total. The molecule has 150 valence electrons. The van der Waals surface area contributed by atoms with Gasteiger partial charge in [-0.1, -0.05) is 60.1 Å². The highest BCUT2D eigenvalue weighted by Crippen LogP contribution is 2.17. The topological polar surface area (TPSA) is 61.0 Å². The largest absolute Gasteiger partial charge is 0.337 e. The molecule has 0 unspecified atom stereocenters. The number of thiocarbonyl (C=S) groups is 1. The number of halogens is 1. The van der Waals surface area contributed by atoms with Crippen molar-refractivity contribution < 1.29 is 0 Å². The van der Waals surface area contributed by atoms with E-state index in [4.69, 9.17) is 23.8 Å². The summed E-state index contributed by atoms with van der Waals surface area (Å²) in [5.41, 5.74) is 2.38. The first-order chi connectivity index (χ1) is 14.6. The van der Waals surface area contributed by atoms with Crippen molar-refractivity contribution in [2.45, 2.75) is 13.1 Å². The number of rotatable bonds is 5. The number of benzene rings is 3. The SMILES string of the molecule is O=c1[nH]c(CN(Cc2ccccc2)C(=S)Nc2cccc(Cl)c2)nc2ccccc12. The minimum atomic E-state index is -0.163. The first kappa shape index (κ1) is 20.1. The van der Waals surface area contributed by atoms with Crippen LogP contribution in [0.4, 0.5) is 5.69 Å². The molecule has 0 amide bonds. The normalized spacial score (nSPS) is 10.7. The highest BCUT2D eigenvalue weighted by Gasteiger charge is 2.14. The summed E-state index contributed by atoms with van der Waals surface area (Å²) in [6.45, 7) is 0.908. The number of nitrogens with zero attached hydrogens (tertiary/aromatic N) is 2. The summed E-state index contributed by atoms with van der Waals surface area (Å²) in [4.78, 5) is 21.9. The molecule has 0 aliphatic carbocycles. The van der Waals surface area contributed by atoms with Crippen LogP contribution >= 0.6 is 23.8 Å². The molecule has 0 aliphatic heterocycles. The molecule has 0 spiro atoms. The Hall–Kier alpha value is -3.22. The van der Waals surface area contributed by atoms with Gasteiger partial charge in [-0.05, 0) is 48.1 Å². The van der Waals surface area contributed by atoms with Gasteiger partial charge >= 0.3 is 0 Å². The van der Waals surface area contributed by atoms with Gasteiger partial charge in [0.05, 0.1) is 17.4 Å². The van der Waals surface area contributed by atoms with E-state index in [9.17, 15) is 4.79 Å². The lowest BCUT2D eigenvalue weighted by Crippen LogP contribution is -2.35. The number of hydrogen-bond donors (Lipinski definition) is 2. The van der Waals surface area contributed by atoms with E-state index in [1.807, 2.05) is 71.6 Å². The van der Waals surface area contributed by atoms with Gasteiger partial charge in [-0.3, -0.25) is 4.79 Å². The number of aromatic amines is 1. The van der Waals surface area contributed by atoms with Crippen molar-refractivity contribution in [2.24, 2.45) is 0 Å². The van der Waals surface area contributed by atoms with Crippen LogP contribution in [0.2, 0.25) is 5.02 Å². The van der Waals surface area contributed by atoms with Gasteiger partial charge in [0.25, 0.3) is 5.56 Å². The minimum absolute atomic E-state index is 0.163. The molecule has 0 radical (unpaired) electrons. The van der Waals surface area contributed by atoms with Crippen LogP contribution in [0.25, 0.3) is 10.9 Å². The summed E-state index contributed by atoms with van der Waals surface area (Å²) < 4.78 is 0. The number of fused-ring (bicyclic) bond motifs is 1. The quantitative estimate of drug-likeness (QED) is 0.434. The van der Waals surface area contributed by atoms with E-state index in [1.54, 1.807) is 12.1 Å². The number of H-pyrrole nitrogens is 1. The Morgan fingerprint density at radius 2 is 1.77 bits per heavy atom. The van der Waals surface area contributed by atoms with Crippen molar-refractivity contribution in [3.63, 3.8) is 0 Å². The molecule has 30 heavy (non-hydrogen) atoms. The van der Waals surface area contributed by atoms with E-state index in [0.717, 1.165) is 11.3 Å². The second kappa shape index (κ2) is 9.07. The minimum Gasteiger partial charge on any atom is -0.337 e. The number of para-hydroxylation sites is 1. The van der Waals surface area contributed by atoms with Crippen LogP contribution in [0, 0.1) is 0 Å². The zero-order chi connectivity index (χ0) is 20.9. The van der Waals surface area contributed by atoms with Crippen molar-refractivity contribution >= 4 is 45.5 Å². The van der Waals surface area contributed by atoms with Crippen molar-refractivity contribution in [3.05, 3.63) is 106 Å². The molecular formula is C23H19ClN4OS. The fraction of sp³-hybridized carbons (Fsp3) is 0.0870. The molecule has 3 aromatic carbocycles. The lowest BCUT2D eigenvalue weighted by atomic mass is 10.2. The summed E-state index contributed by atoms with van der Waals surface area (Å²) in [6, 6.07) is 24.7. The van der Waals surface area contributed by atoms with E-state index in [0.29, 0.717) is 40.0 Å². The number of aromatic nitrogens is 2. The van der Waals surface area contributed by atoms with Gasteiger partial charge in [0.2, 0.25) is 0 Å². The molecular weight excluding hydrogens is 416 g/mol. The van der Waals surface area contributed by atoms with E-state index >= 15 is 0 Å². The lowest BCUT2D eigenvalue weighted by Gasteiger charge is -2.26. The van der Waals surface area contributed by atoms with Crippen LogP contribution in [-0.4, -0.2) is 20.0 Å². The predicted octanol–water partition coefficient (Wildman–Crippen LogP) is 4.98. The second-order valence-electron chi connectivity index (χ2n) is 6.81. The van der Waals surface area contributed by atoms with Crippen LogP contribution < -0.4 is 10.9 Å². The third kappa shape index (κ3) is 4.84. The third-order valence-electron chi connectivity index (χ3n) is 4.58. The summed E-state index contributed by atoms with van der Waals surface area (Å²) in [5.74, 6) is 0.546. The Morgan fingerprint density at radius 1 is 1.00 bits per heavy atom. The van der Waals surface area contributed by atoms with Crippen LogP contribution in [0.5, 0.6) is 0 Å². The van der Waals surface area contributed by atoms with Gasteiger partial charge < -0.3 is 15.2 Å². The predicted molar refractivity (Wildman–Crippen MR) is 126 cm³/mol. The van der Waals surface area contributed by atoms with Crippen molar-refractivity contribution in [2.75, 3.05) is 5.32 Å². The molecule has 0 fully saturated rings. The average Bonchev–Trinajstić information content (AvgIpc) is 2.74. The molecule has 0 bridgehead atoms. The maximum Gasteiger partial charge on any atom is 0.258 e. The molecule has 0 saturated carbocycles. The van der Waals surface area contributed by atoms with E-state index in [-0.39, 0.29) is 5.56 Å². The van der Waals surface area contributed by atoms with Gasteiger partial charge in [0.15, 0.2) is 5.11 Å². The monoisotopic (exact) mass is 434 g/mol. The highest BCUT2D eigenvalue weighted by molar-refractivity contribution is 7.80. The lowest BCUT2D eigenvalue weighted by molar-refractivity contribution is 0.401. The van der Waals surface area contributed by atoms with Gasteiger partial charge in [0, 0.05) is 17.3 Å². The maximum atomic E-state index is 12.5. The van der Waals surface area contributed by atoms with E-state index < -0.39 is 0 Å². The molecule has 0 aliphatic rings. The summed E-state index contributed by atoms with van der Waals surface area (Å²) in [7, 11) is 0. The first-order valence-corrected chi connectivity index (χ1v) is 10.2. The molecule has 1 heterocycles. The fourth-order valence-corrected chi connectivity index (χ4v) is 3.60. The Kier molecular flexibility index (Phi) is 6.07. The number of anilines is 1. The van der Waals surface area contributed by atoms with E-state index in [2.05, 4.69) is 15.3 Å². The zero-order valence-electron chi connectivity index (χ0n) is 16.0. The summed E-state index contributed by atoms with van der Waals surface area (Å²) >= 11 is 11.8. The van der Waals surface area contributed by atoms with Crippen LogP contribution in [0.15, 0.2) is 83.7 Å². The van der Waals surface area contributed by atoms with Gasteiger partial charge in [-0.2, -0.15) is 0 Å². The molecule has 4 rings (SSSR count). The number of nitrogens with one attached hydrogen (secondary N) is 2. The molecule has 0 atom stereocenters. The Bertz CT molecular complexity index is 1240. The van der Waals surface area contributed by atoms with Gasteiger partial charge in [0.1, 0.15) is 5.82 Å². The average molecular weight is 435 g/mol. The summed E-state index contributed by atoms with van der Waals surface area (Å²) in [5, 5.41) is 4.93. The Morgan fingerprint density at radius 3 is 2.57 bits per heavy atom. The first-order valence-electron chi connectivity index (χ1n) is 9.42. The highest BCUT2D eigenvalue weighted by atomic mass is 35.5. The van der Waals surface area contributed by atoms with Crippen LogP contribution in [-0.2, 0) is 13.1 Å². The molecule has 1 aromatic heterocycles. The smallest absolute Gasteiger partial charge is 0.258 e. The molecule has 7 heteroatoms. The molecule has 5 nitrogen and oxygen atoms in total. The van der Waals surface area contributed by atoms with Crippen LogP contribution in [0.1, 0.15) is 11.4 Å². The van der Waals surface area contributed by atoms with E-state index in [1.165, 1.54) is 0 Å². The second-order valence-corrected chi connectivity index (χ2v) is 7.64. The maximum absolute atomic E-state index is 12.5.